The Balaban J connectivity index is 1.53. The summed E-state index contributed by atoms with van der Waals surface area (Å²) in [5, 5.41) is 11.0. The van der Waals surface area contributed by atoms with Crippen LogP contribution in [0.15, 0.2) is 152 Å². The van der Waals surface area contributed by atoms with E-state index in [1.807, 2.05) is 73.2 Å². The highest BCUT2D eigenvalue weighted by Crippen LogP contribution is 2.42. The fraction of sp³-hybridized carbons (Fsp3) is 0.114. The molecule has 0 aliphatic carbocycles. The van der Waals surface area contributed by atoms with E-state index in [1.54, 1.807) is 6.07 Å². The topological polar surface area (TPSA) is 62.1 Å². The summed E-state index contributed by atoms with van der Waals surface area (Å²) in [6, 6.07) is 45.2. The number of aromatic hydroxyl groups is 1. The maximum absolute atomic E-state index is 11.0. The summed E-state index contributed by atoms with van der Waals surface area (Å²) < 4.78 is 0. The first-order valence-electron chi connectivity index (χ1n) is 16.5. The van der Waals surface area contributed by atoms with E-state index in [2.05, 4.69) is 110 Å². The molecule has 1 N–H and O–H groups in total. The van der Waals surface area contributed by atoms with Gasteiger partial charge in [-0.3, -0.25) is 9.88 Å². The van der Waals surface area contributed by atoms with Crippen LogP contribution in [0, 0.1) is 13.8 Å². The second kappa shape index (κ2) is 13.2. The van der Waals surface area contributed by atoms with Gasteiger partial charge in [0.25, 0.3) is 0 Å². The Hall–Kier alpha value is -6.07. The first-order chi connectivity index (χ1) is 23.8. The largest absolute Gasteiger partial charge is 0.507 e. The van der Waals surface area contributed by atoms with Gasteiger partial charge < -0.3 is 5.11 Å². The molecule has 0 saturated heterocycles. The molecule has 5 heteroatoms. The van der Waals surface area contributed by atoms with Crippen LogP contribution in [-0.2, 0) is 5.41 Å². The van der Waals surface area contributed by atoms with E-state index in [4.69, 9.17) is 9.97 Å². The number of rotatable bonds is 8. The summed E-state index contributed by atoms with van der Waals surface area (Å²) in [7, 11) is 0. The molecule has 0 bridgehead atoms. The molecule has 0 spiro atoms. The lowest BCUT2D eigenvalue weighted by molar-refractivity contribution is 0.477. The number of aryl methyl sites for hydroxylation is 2. The highest BCUT2D eigenvalue weighted by molar-refractivity contribution is 5.84. The molecule has 0 atom stereocenters. The fourth-order valence-electron chi connectivity index (χ4n) is 6.58. The van der Waals surface area contributed by atoms with E-state index in [0.717, 1.165) is 50.7 Å². The van der Waals surface area contributed by atoms with Gasteiger partial charge in [-0.15, -0.1) is 0 Å². The third-order valence-corrected chi connectivity index (χ3v) is 9.26. The predicted molar refractivity (Wildman–Crippen MR) is 201 cm³/mol. The van der Waals surface area contributed by atoms with Crippen LogP contribution in [0.1, 0.15) is 36.1 Å². The van der Waals surface area contributed by atoms with Gasteiger partial charge in [0, 0.05) is 46.5 Å². The summed E-state index contributed by atoms with van der Waals surface area (Å²) in [6.07, 6.45) is 5.52. The summed E-state index contributed by atoms with van der Waals surface area (Å²) in [5.41, 5.74) is 11.6. The summed E-state index contributed by atoms with van der Waals surface area (Å²) >= 11 is 0. The molecule has 0 aliphatic heterocycles. The highest BCUT2D eigenvalue weighted by Gasteiger charge is 2.27. The number of hydrogen-bond acceptors (Lipinski definition) is 5. The van der Waals surface area contributed by atoms with Gasteiger partial charge in [-0.1, -0.05) is 68.4 Å². The summed E-state index contributed by atoms with van der Waals surface area (Å²) in [6.45, 7) is 8.77. The van der Waals surface area contributed by atoms with Gasteiger partial charge in [0.05, 0.1) is 11.4 Å². The Bertz CT molecular complexity index is 2170. The molecular formula is C44H38N4O. The van der Waals surface area contributed by atoms with Crippen LogP contribution < -0.4 is 4.90 Å². The second-order valence-corrected chi connectivity index (χ2v) is 12.9. The van der Waals surface area contributed by atoms with Crippen molar-refractivity contribution in [2.75, 3.05) is 4.90 Å². The minimum Gasteiger partial charge on any atom is -0.507 e. The van der Waals surface area contributed by atoms with Crippen LogP contribution in [0.5, 0.6) is 5.75 Å². The first-order valence-corrected chi connectivity index (χ1v) is 16.5. The molecule has 49 heavy (non-hydrogen) atoms. The second-order valence-electron chi connectivity index (χ2n) is 12.9. The van der Waals surface area contributed by atoms with Gasteiger partial charge >= 0.3 is 0 Å². The first kappa shape index (κ1) is 31.5. The number of pyridine rings is 3. The third kappa shape index (κ3) is 6.31. The highest BCUT2D eigenvalue weighted by atomic mass is 16.3. The normalized spacial score (nSPS) is 11.3. The van der Waals surface area contributed by atoms with Gasteiger partial charge in [0.15, 0.2) is 0 Å². The Morgan fingerprint density at radius 1 is 0.571 bits per heavy atom. The Kier molecular flexibility index (Phi) is 8.50. The van der Waals surface area contributed by atoms with E-state index in [0.29, 0.717) is 11.3 Å². The molecule has 0 amide bonds. The number of anilines is 3. The van der Waals surface area contributed by atoms with E-state index in [-0.39, 0.29) is 11.2 Å². The number of phenols is 1. The Labute approximate surface area is 288 Å². The smallest absolute Gasteiger partial charge is 0.137 e. The van der Waals surface area contributed by atoms with Crippen molar-refractivity contribution in [3.05, 3.63) is 174 Å². The number of para-hydroxylation sites is 2. The van der Waals surface area contributed by atoms with Crippen molar-refractivity contribution in [3.8, 4) is 39.4 Å². The molecule has 0 fully saturated rings. The third-order valence-electron chi connectivity index (χ3n) is 9.26. The lowest BCUT2D eigenvalue weighted by atomic mass is 9.77. The number of benzene rings is 4. The maximum atomic E-state index is 11.0. The molecule has 7 aromatic rings. The van der Waals surface area contributed by atoms with Crippen molar-refractivity contribution in [2.24, 2.45) is 0 Å². The number of nitrogens with zero attached hydrogens (tertiary/aromatic N) is 4. The zero-order chi connectivity index (χ0) is 34.0. The van der Waals surface area contributed by atoms with Gasteiger partial charge in [0.2, 0.25) is 0 Å². The van der Waals surface area contributed by atoms with Crippen LogP contribution in [0.4, 0.5) is 17.2 Å². The molecule has 0 aliphatic rings. The fourth-order valence-corrected chi connectivity index (χ4v) is 6.58. The van der Waals surface area contributed by atoms with Crippen LogP contribution in [0.25, 0.3) is 33.6 Å². The van der Waals surface area contributed by atoms with Crippen LogP contribution in [0.3, 0.4) is 0 Å². The van der Waals surface area contributed by atoms with Crippen molar-refractivity contribution in [1.82, 2.24) is 15.0 Å². The van der Waals surface area contributed by atoms with Crippen molar-refractivity contribution in [3.63, 3.8) is 0 Å². The van der Waals surface area contributed by atoms with Gasteiger partial charge in [-0.05, 0) is 126 Å². The van der Waals surface area contributed by atoms with Crippen LogP contribution in [0.2, 0.25) is 0 Å². The van der Waals surface area contributed by atoms with Crippen molar-refractivity contribution < 1.29 is 5.11 Å². The molecule has 240 valence electrons. The molecule has 0 saturated carbocycles. The van der Waals surface area contributed by atoms with Gasteiger partial charge in [-0.2, -0.15) is 0 Å². The molecule has 0 unspecified atom stereocenters. The molecule has 0 radical (unpaired) electrons. The zero-order valence-corrected chi connectivity index (χ0v) is 28.2. The molecule has 7 rings (SSSR count). The molecule has 3 heterocycles. The SMILES string of the molecule is Cc1cccc(C)c1-c1cc(-c2cc(N(c3ccccc3)c3ccccn3)cc(C(C)(C)c3ccncc3)c2)nc(-c2ccccc2O)c1. The van der Waals surface area contributed by atoms with Gasteiger partial charge in [-0.25, -0.2) is 9.97 Å². The Morgan fingerprint density at radius 3 is 1.98 bits per heavy atom. The average molecular weight is 639 g/mol. The van der Waals surface area contributed by atoms with Gasteiger partial charge in [0.1, 0.15) is 11.6 Å². The van der Waals surface area contributed by atoms with Crippen LogP contribution in [-0.4, -0.2) is 20.1 Å². The number of aromatic nitrogens is 3. The van der Waals surface area contributed by atoms with Crippen molar-refractivity contribution in [2.45, 2.75) is 33.1 Å². The minimum atomic E-state index is -0.370. The summed E-state index contributed by atoms with van der Waals surface area (Å²) in [5.74, 6) is 1.00. The van der Waals surface area contributed by atoms with Crippen molar-refractivity contribution >= 4 is 17.2 Å². The lowest BCUT2D eigenvalue weighted by Crippen LogP contribution is -2.20. The van der Waals surface area contributed by atoms with Crippen LogP contribution >= 0.6 is 0 Å². The lowest BCUT2D eigenvalue weighted by Gasteiger charge is -2.30. The molecule has 5 nitrogen and oxygen atoms in total. The average Bonchev–Trinajstić information content (AvgIpc) is 3.13. The van der Waals surface area contributed by atoms with E-state index in [1.165, 1.54) is 11.1 Å². The quantitative estimate of drug-likeness (QED) is 0.179. The maximum Gasteiger partial charge on any atom is 0.137 e. The van der Waals surface area contributed by atoms with Crippen molar-refractivity contribution in [1.29, 1.82) is 0 Å². The monoisotopic (exact) mass is 638 g/mol. The van der Waals surface area contributed by atoms with E-state index >= 15 is 0 Å². The molecule has 3 aromatic heterocycles. The number of phenolic OH excluding ortho intramolecular Hbond substituents is 1. The predicted octanol–water partition coefficient (Wildman–Crippen LogP) is 11.0. The number of hydrogen-bond donors (Lipinski definition) is 1. The Morgan fingerprint density at radius 2 is 1.27 bits per heavy atom. The molecular weight excluding hydrogens is 601 g/mol. The van der Waals surface area contributed by atoms with E-state index in [9.17, 15) is 5.11 Å². The van der Waals surface area contributed by atoms with E-state index < -0.39 is 0 Å². The summed E-state index contributed by atoms with van der Waals surface area (Å²) in [4.78, 5) is 16.5. The molecule has 4 aromatic carbocycles. The standard InChI is InChI=1S/C44H38N4O/c1-30-13-12-14-31(2)43(30)33-27-39(47-40(28-33)38-17-8-9-18-41(38)49)32-25-35(44(3,4)34-20-23-45-24-21-34)29-37(26-32)48(36-15-6-5-7-16-36)42-19-10-11-22-46-42/h5-29,49H,1-4H3. The zero-order valence-electron chi connectivity index (χ0n) is 28.2. The minimum absolute atomic E-state index is 0.193.